The molecule has 13 heteroatoms. The van der Waals surface area contributed by atoms with Gasteiger partial charge < -0.3 is 35.2 Å². The van der Waals surface area contributed by atoms with Crippen LogP contribution in [0.5, 0.6) is 0 Å². The summed E-state index contributed by atoms with van der Waals surface area (Å²) in [6.07, 6.45) is -3.48. The fraction of sp³-hybridized carbons (Fsp3) is 0.733. The lowest BCUT2D eigenvalue weighted by Crippen LogP contribution is -2.39. The maximum Gasteiger partial charge on any atom is 0.356 e. The minimum absolute atomic E-state index is 0.0372. The van der Waals surface area contributed by atoms with Crippen molar-refractivity contribution < 1.29 is 34.0 Å². The van der Waals surface area contributed by atoms with E-state index in [1.165, 1.54) is 13.1 Å². The Labute approximate surface area is 175 Å². The number of hydrogen-bond donors (Lipinski definition) is 5. The summed E-state index contributed by atoms with van der Waals surface area (Å²) in [6.45, 7) is 4.38. The van der Waals surface area contributed by atoms with Crippen LogP contribution in [0.2, 0.25) is 0 Å². The Balaban J connectivity index is 2.25. The normalized spacial score (nSPS) is 30.6. The first kappa shape index (κ1) is 23.7. The van der Waals surface area contributed by atoms with Crippen LogP contribution in [0.3, 0.4) is 0 Å². The van der Waals surface area contributed by atoms with Gasteiger partial charge in [0.2, 0.25) is 0 Å². The van der Waals surface area contributed by atoms with Crippen LogP contribution in [0.15, 0.2) is 11.0 Å². The van der Waals surface area contributed by atoms with Gasteiger partial charge in [-0.2, -0.15) is 4.98 Å². The number of rotatable bonds is 7. The highest BCUT2D eigenvalue weighted by Gasteiger charge is 2.48. The maximum absolute atomic E-state index is 12.1. The Kier molecular flexibility index (Phi) is 7.31. The van der Waals surface area contributed by atoms with Crippen LogP contribution in [0.4, 0.5) is 5.82 Å². The molecule has 1 aromatic rings. The van der Waals surface area contributed by atoms with Crippen LogP contribution in [0.1, 0.15) is 39.8 Å². The standard InChI is InChI=1S/C15H25IN3O8P/c1-4-15(3,27-28(24,25)7(2)20)5-9-10(21)11(22)13(26-9)19-6-8(16)12(17)18-14(19)23/h6-7,9-11,13,20-22H,4-5H2,1-3H3,(H,24,25)(H2,17,18,23)/t7?,9-,10-,11-,13-,15?/m1/s1. The zero-order chi connectivity index (χ0) is 21.4. The quantitative estimate of drug-likeness (QED) is 0.240. The van der Waals surface area contributed by atoms with Gasteiger partial charge >= 0.3 is 13.3 Å². The summed E-state index contributed by atoms with van der Waals surface area (Å²) in [5, 5.41) is 30.2. The third-order valence-electron chi connectivity index (χ3n) is 4.75. The topological polar surface area (TPSA) is 177 Å². The van der Waals surface area contributed by atoms with E-state index in [0.717, 1.165) is 11.5 Å². The van der Waals surface area contributed by atoms with E-state index in [1.807, 2.05) is 22.6 Å². The second-order valence-corrected chi connectivity index (χ2v) is 10.2. The molecule has 1 aliphatic heterocycles. The Hall–Kier alpha value is -0.600. The number of nitrogens with two attached hydrogens (primary N) is 1. The number of halogens is 1. The van der Waals surface area contributed by atoms with Crippen molar-refractivity contribution in [1.82, 2.24) is 9.55 Å². The van der Waals surface area contributed by atoms with Crippen LogP contribution in [0.25, 0.3) is 0 Å². The number of anilines is 1. The molecule has 1 fully saturated rings. The van der Waals surface area contributed by atoms with Crippen molar-refractivity contribution in [2.75, 3.05) is 5.73 Å². The second-order valence-electron chi connectivity index (χ2n) is 7.01. The number of aromatic nitrogens is 2. The highest BCUT2D eigenvalue weighted by Crippen LogP contribution is 2.52. The summed E-state index contributed by atoms with van der Waals surface area (Å²) in [4.78, 5) is 25.6. The molecule has 1 saturated heterocycles. The van der Waals surface area contributed by atoms with Gasteiger partial charge in [-0.25, -0.2) is 4.79 Å². The minimum atomic E-state index is -4.31. The van der Waals surface area contributed by atoms with Crippen molar-refractivity contribution in [2.24, 2.45) is 0 Å². The molecule has 6 N–H and O–H groups in total. The van der Waals surface area contributed by atoms with Crippen molar-refractivity contribution in [3.63, 3.8) is 0 Å². The number of ether oxygens (including phenoxy) is 1. The number of aliphatic hydroxyl groups excluding tert-OH is 3. The first-order valence-corrected chi connectivity index (χ1v) is 11.3. The number of nitrogen functional groups attached to an aromatic ring is 1. The van der Waals surface area contributed by atoms with Crippen LogP contribution in [-0.2, 0) is 13.8 Å². The molecule has 1 aliphatic rings. The molecule has 0 spiro atoms. The monoisotopic (exact) mass is 533 g/mol. The zero-order valence-corrected chi connectivity index (χ0v) is 18.6. The van der Waals surface area contributed by atoms with Crippen molar-refractivity contribution >= 4 is 36.0 Å². The van der Waals surface area contributed by atoms with Gasteiger partial charge in [0.25, 0.3) is 0 Å². The van der Waals surface area contributed by atoms with E-state index in [2.05, 4.69) is 4.98 Å². The van der Waals surface area contributed by atoms with Gasteiger partial charge in [0.05, 0.1) is 15.3 Å². The molecule has 1 aromatic heterocycles. The SMILES string of the molecule is CCC(C)(C[C@H]1O[C@@H](n2cc(I)c(N)nc2=O)[C@H](O)[C@@H]1O)OP(=O)(O)C(C)O. The summed E-state index contributed by atoms with van der Waals surface area (Å²) in [5.41, 5.74) is 3.60. The lowest BCUT2D eigenvalue weighted by atomic mass is 9.93. The summed E-state index contributed by atoms with van der Waals surface area (Å²) in [5.74, 6) is -1.55. The van der Waals surface area contributed by atoms with Gasteiger partial charge in [0.15, 0.2) is 12.1 Å². The lowest BCUT2D eigenvalue weighted by Gasteiger charge is -2.34. The molecule has 3 unspecified atom stereocenters. The molecule has 0 saturated carbocycles. The molecule has 160 valence electrons. The first-order valence-electron chi connectivity index (χ1n) is 8.58. The Morgan fingerprint density at radius 1 is 1.50 bits per heavy atom. The smallest absolute Gasteiger partial charge is 0.356 e. The Morgan fingerprint density at radius 2 is 2.11 bits per heavy atom. The molecule has 0 aromatic carbocycles. The molecule has 7 atom stereocenters. The third kappa shape index (κ3) is 4.93. The van der Waals surface area contributed by atoms with Gasteiger partial charge in [-0.15, -0.1) is 0 Å². The van der Waals surface area contributed by atoms with Crippen molar-refractivity contribution in [2.45, 2.75) is 69.6 Å². The molecular formula is C15H25IN3O8P. The van der Waals surface area contributed by atoms with Gasteiger partial charge in [-0.1, -0.05) is 6.92 Å². The van der Waals surface area contributed by atoms with E-state index in [1.54, 1.807) is 6.92 Å². The van der Waals surface area contributed by atoms with Crippen LogP contribution < -0.4 is 11.4 Å². The zero-order valence-electron chi connectivity index (χ0n) is 15.6. The van der Waals surface area contributed by atoms with E-state index in [0.29, 0.717) is 3.57 Å². The number of aliphatic hydroxyl groups is 3. The van der Waals surface area contributed by atoms with Gasteiger partial charge in [-0.3, -0.25) is 9.13 Å². The molecule has 0 radical (unpaired) electrons. The predicted molar refractivity (Wildman–Crippen MR) is 107 cm³/mol. The molecule has 2 rings (SSSR count). The average molecular weight is 533 g/mol. The highest BCUT2D eigenvalue weighted by molar-refractivity contribution is 14.1. The second kappa shape index (κ2) is 8.64. The number of hydrogen-bond acceptors (Lipinski definition) is 9. The fourth-order valence-electron chi connectivity index (χ4n) is 2.83. The molecule has 0 aliphatic carbocycles. The maximum atomic E-state index is 12.1. The van der Waals surface area contributed by atoms with E-state index in [9.17, 15) is 29.6 Å². The van der Waals surface area contributed by atoms with E-state index < -0.39 is 49.3 Å². The largest absolute Gasteiger partial charge is 0.388 e. The van der Waals surface area contributed by atoms with Gasteiger partial charge in [0.1, 0.15) is 18.0 Å². The van der Waals surface area contributed by atoms with Crippen LogP contribution in [0, 0.1) is 3.57 Å². The van der Waals surface area contributed by atoms with E-state index >= 15 is 0 Å². The molecule has 11 nitrogen and oxygen atoms in total. The molecule has 28 heavy (non-hydrogen) atoms. The van der Waals surface area contributed by atoms with Gasteiger partial charge in [-0.05, 0) is 42.9 Å². The first-order chi connectivity index (χ1) is 12.8. The summed E-state index contributed by atoms with van der Waals surface area (Å²) in [7, 11) is -4.31. The summed E-state index contributed by atoms with van der Waals surface area (Å²) >= 11 is 1.87. The third-order valence-corrected chi connectivity index (χ3v) is 7.23. The fourth-order valence-corrected chi connectivity index (χ4v) is 4.24. The molecule has 0 amide bonds. The Morgan fingerprint density at radius 3 is 2.64 bits per heavy atom. The molecule has 2 heterocycles. The number of nitrogens with zero attached hydrogens (tertiary/aromatic N) is 2. The van der Waals surface area contributed by atoms with Crippen LogP contribution >= 0.6 is 30.2 Å². The predicted octanol–water partition coefficient (Wildman–Crippen LogP) is 0.148. The minimum Gasteiger partial charge on any atom is -0.388 e. The van der Waals surface area contributed by atoms with E-state index in [4.69, 9.17) is 15.0 Å². The van der Waals surface area contributed by atoms with Crippen molar-refractivity contribution in [3.8, 4) is 0 Å². The molecular weight excluding hydrogens is 508 g/mol. The van der Waals surface area contributed by atoms with Gasteiger partial charge in [0, 0.05) is 12.6 Å². The summed E-state index contributed by atoms with van der Waals surface area (Å²) < 4.78 is 24.5. The lowest BCUT2D eigenvalue weighted by molar-refractivity contribution is -0.0692. The summed E-state index contributed by atoms with van der Waals surface area (Å²) in [6, 6.07) is 0. The van der Waals surface area contributed by atoms with E-state index in [-0.39, 0.29) is 18.7 Å². The van der Waals surface area contributed by atoms with Crippen LogP contribution in [-0.4, -0.2) is 59.5 Å². The Bertz CT molecular complexity index is 821. The highest BCUT2D eigenvalue weighted by atomic mass is 127. The average Bonchev–Trinajstić information content (AvgIpc) is 2.85. The molecule has 0 bridgehead atoms. The van der Waals surface area contributed by atoms with Crippen molar-refractivity contribution in [1.29, 1.82) is 0 Å². The van der Waals surface area contributed by atoms with Crippen molar-refractivity contribution in [3.05, 3.63) is 20.3 Å².